The number of esters is 2. The lowest BCUT2D eigenvalue weighted by molar-refractivity contribution is -0.140. The molecular formula is C16H24N2O9. The van der Waals surface area contributed by atoms with Gasteiger partial charge in [0.15, 0.2) is 0 Å². The zero-order chi connectivity index (χ0) is 21.0. The van der Waals surface area contributed by atoms with E-state index in [4.69, 9.17) is 15.3 Å². The predicted octanol–water partition coefficient (Wildman–Crippen LogP) is -1.34. The summed E-state index contributed by atoms with van der Waals surface area (Å²) in [5.41, 5.74) is -0.667. The Morgan fingerprint density at radius 3 is 1.48 bits per heavy atom. The third-order valence-electron chi connectivity index (χ3n) is 3.14. The van der Waals surface area contributed by atoms with E-state index >= 15 is 0 Å². The summed E-state index contributed by atoms with van der Waals surface area (Å²) in [5, 5.41) is 26.0. The van der Waals surface area contributed by atoms with Crippen LogP contribution < -0.4 is 0 Å². The summed E-state index contributed by atoms with van der Waals surface area (Å²) in [6, 6.07) is 0. The second kappa shape index (κ2) is 18.1. The fourth-order valence-corrected chi connectivity index (χ4v) is 1.19. The van der Waals surface area contributed by atoms with Crippen molar-refractivity contribution < 1.29 is 44.0 Å². The van der Waals surface area contributed by atoms with E-state index < -0.39 is 17.4 Å². The van der Waals surface area contributed by atoms with Crippen LogP contribution in [0, 0.1) is 5.41 Å². The first kappa shape index (κ1) is 26.5. The first-order chi connectivity index (χ1) is 12.9. The van der Waals surface area contributed by atoms with Crippen LogP contribution in [0.25, 0.3) is 0 Å². The van der Waals surface area contributed by atoms with Gasteiger partial charge in [0.1, 0.15) is 13.2 Å². The summed E-state index contributed by atoms with van der Waals surface area (Å²) < 4.78 is 9.12. The van der Waals surface area contributed by atoms with Crippen molar-refractivity contribution in [1.82, 2.24) is 0 Å². The quantitative estimate of drug-likeness (QED) is 0.120. The SMILES string of the molecule is CCC(CO)(CO)CO.O=C=NCCOC(=O)/C=C/C(=O)OCCN=C=O. The van der Waals surface area contributed by atoms with E-state index in [9.17, 15) is 19.2 Å². The molecule has 0 radical (unpaired) electrons. The molecule has 0 atom stereocenters. The minimum absolute atomic E-state index is 0.0111. The Morgan fingerprint density at radius 1 is 0.889 bits per heavy atom. The number of hydrogen-bond acceptors (Lipinski definition) is 11. The average molecular weight is 388 g/mol. The molecule has 0 aromatic heterocycles. The van der Waals surface area contributed by atoms with Crippen LogP contribution in [0.2, 0.25) is 0 Å². The molecule has 0 amide bonds. The van der Waals surface area contributed by atoms with E-state index in [-0.39, 0.29) is 46.1 Å². The zero-order valence-corrected chi connectivity index (χ0v) is 15.0. The standard InChI is InChI=1S/C10H10N2O6.C6H14O3/c13-7-11-3-5-17-9(15)1-2-10(16)18-6-4-12-8-14;1-2-6(3-7,4-8)5-9/h1-2H,3-6H2;7-9H,2-5H2,1H3/b2-1+;. The van der Waals surface area contributed by atoms with Crippen molar-refractivity contribution >= 4 is 24.1 Å². The van der Waals surface area contributed by atoms with Gasteiger partial charge in [0.25, 0.3) is 0 Å². The molecule has 0 aliphatic rings. The topological polar surface area (TPSA) is 172 Å². The van der Waals surface area contributed by atoms with Gasteiger partial charge in [-0.3, -0.25) is 0 Å². The lowest BCUT2D eigenvalue weighted by Crippen LogP contribution is -2.32. The van der Waals surface area contributed by atoms with Crippen molar-refractivity contribution in [1.29, 1.82) is 0 Å². The minimum atomic E-state index is -0.765. The number of hydrogen-bond donors (Lipinski definition) is 3. The molecular weight excluding hydrogens is 364 g/mol. The number of aliphatic hydroxyl groups excluding tert-OH is 3. The highest BCUT2D eigenvalue weighted by atomic mass is 16.5. The molecule has 0 heterocycles. The highest BCUT2D eigenvalue weighted by Gasteiger charge is 2.24. The van der Waals surface area contributed by atoms with Crippen LogP contribution in [0.15, 0.2) is 22.1 Å². The number of ether oxygens (including phenoxy) is 2. The highest BCUT2D eigenvalue weighted by Crippen LogP contribution is 2.18. The van der Waals surface area contributed by atoms with Gasteiger partial charge in [0, 0.05) is 17.6 Å². The molecule has 0 aromatic carbocycles. The number of carbonyl (C=O) groups excluding carboxylic acids is 4. The van der Waals surface area contributed by atoms with Gasteiger partial charge in [-0.1, -0.05) is 6.92 Å². The van der Waals surface area contributed by atoms with Crippen molar-refractivity contribution in [2.45, 2.75) is 13.3 Å². The fraction of sp³-hybridized carbons (Fsp3) is 0.625. The van der Waals surface area contributed by atoms with E-state index in [2.05, 4.69) is 19.5 Å². The average Bonchev–Trinajstić information content (AvgIpc) is 2.70. The first-order valence-corrected chi connectivity index (χ1v) is 7.86. The molecule has 0 bridgehead atoms. The largest absolute Gasteiger partial charge is 0.461 e. The monoisotopic (exact) mass is 388 g/mol. The molecule has 152 valence electrons. The number of aliphatic imine (C=N–C) groups is 2. The van der Waals surface area contributed by atoms with E-state index in [0.717, 1.165) is 12.2 Å². The Balaban J connectivity index is 0. The Hall–Kier alpha value is -2.68. The Morgan fingerprint density at radius 2 is 1.26 bits per heavy atom. The molecule has 0 saturated heterocycles. The van der Waals surface area contributed by atoms with Crippen LogP contribution in [0.3, 0.4) is 0 Å². The minimum Gasteiger partial charge on any atom is -0.461 e. The number of rotatable bonds is 12. The molecule has 27 heavy (non-hydrogen) atoms. The molecule has 3 N–H and O–H groups in total. The van der Waals surface area contributed by atoms with Crippen LogP contribution >= 0.6 is 0 Å². The maximum Gasteiger partial charge on any atom is 0.331 e. The zero-order valence-electron chi connectivity index (χ0n) is 15.0. The molecule has 11 nitrogen and oxygen atoms in total. The number of carbonyl (C=O) groups is 2. The van der Waals surface area contributed by atoms with Crippen LogP contribution in [0.5, 0.6) is 0 Å². The van der Waals surface area contributed by atoms with Gasteiger partial charge in [-0.25, -0.2) is 29.2 Å². The molecule has 0 aliphatic heterocycles. The number of isocyanates is 2. The van der Waals surface area contributed by atoms with E-state index in [1.165, 1.54) is 12.2 Å². The number of nitrogens with zero attached hydrogens (tertiary/aromatic N) is 2. The second-order valence-corrected chi connectivity index (χ2v) is 4.94. The van der Waals surface area contributed by atoms with Gasteiger partial charge < -0.3 is 24.8 Å². The summed E-state index contributed by atoms with van der Waals surface area (Å²) in [6.07, 6.45) is 4.90. The molecule has 11 heteroatoms. The first-order valence-electron chi connectivity index (χ1n) is 7.86. The van der Waals surface area contributed by atoms with Crippen molar-refractivity contribution in [3.05, 3.63) is 12.2 Å². The highest BCUT2D eigenvalue weighted by molar-refractivity contribution is 5.91. The molecule has 0 fully saturated rings. The third-order valence-corrected chi connectivity index (χ3v) is 3.14. The van der Waals surface area contributed by atoms with Crippen molar-refractivity contribution in [2.75, 3.05) is 46.1 Å². The molecule has 0 unspecified atom stereocenters. The van der Waals surface area contributed by atoms with Crippen LogP contribution in [0.4, 0.5) is 0 Å². The van der Waals surface area contributed by atoms with Gasteiger partial charge in [-0.2, -0.15) is 0 Å². The summed E-state index contributed by atoms with van der Waals surface area (Å²) in [6.45, 7) is 1.21. The lowest BCUT2D eigenvalue weighted by Gasteiger charge is -2.24. The number of aliphatic hydroxyl groups is 3. The predicted molar refractivity (Wildman–Crippen MR) is 91.0 cm³/mol. The third kappa shape index (κ3) is 15.3. The summed E-state index contributed by atoms with van der Waals surface area (Å²) in [7, 11) is 0. The second-order valence-electron chi connectivity index (χ2n) is 4.94. The summed E-state index contributed by atoms with van der Waals surface area (Å²) in [5.74, 6) is -1.53. The fourth-order valence-electron chi connectivity index (χ4n) is 1.19. The van der Waals surface area contributed by atoms with E-state index in [0.29, 0.717) is 6.42 Å². The van der Waals surface area contributed by atoms with Gasteiger partial charge in [0.05, 0.1) is 32.9 Å². The van der Waals surface area contributed by atoms with Crippen LogP contribution in [-0.4, -0.2) is 85.5 Å². The maximum absolute atomic E-state index is 11.0. The Labute approximate surface area is 156 Å². The van der Waals surface area contributed by atoms with Crippen molar-refractivity contribution in [3.63, 3.8) is 0 Å². The van der Waals surface area contributed by atoms with Crippen LogP contribution in [0.1, 0.15) is 13.3 Å². The molecule has 0 saturated carbocycles. The van der Waals surface area contributed by atoms with Crippen molar-refractivity contribution in [3.8, 4) is 0 Å². The van der Waals surface area contributed by atoms with Gasteiger partial charge >= 0.3 is 11.9 Å². The van der Waals surface area contributed by atoms with Gasteiger partial charge in [-0.15, -0.1) is 0 Å². The molecule has 0 aromatic rings. The van der Waals surface area contributed by atoms with Gasteiger partial charge in [-0.05, 0) is 6.42 Å². The Kier molecular flexibility index (Phi) is 17.8. The normalized spacial score (nSPS) is 10.1. The van der Waals surface area contributed by atoms with Crippen molar-refractivity contribution in [2.24, 2.45) is 15.4 Å². The summed E-state index contributed by atoms with van der Waals surface area (Å²) >= 11 is 0. The molecule has 0 aliphatic carbocycles. The smallest absolute Gasteiger partial charge is 0.331 e. The van der Waals surface area contributed by atoms with Gasteiger partial charge in [0.2, 0.25) is 12.2 Å². The lowest BCUT2D eigenvalue weighted by atomic mass is 9.88. The van der Waals surface area contributed by atoms with Crippen LogP contribution in [-0.2, 0) is 28.7 Å². The Bertz CT molecular complexity index is 491. The molecule has 0 spiro atoms. The van der Waals surface area contributed by atoms with E-state index in [1.54, 1.807) is 0 Å². The van der Waals surface area contributed by atoms with E-state index in [1.807, 2.05) is 6.92 Å². The summed E-state index contributed by atoms with van der Waals surface area (Å²) in [4.78, 5) is 47.6. The maximum atomic E-state index is 11.0. The molecule has 0 rings (SSSR count).